The van der Waals surface area contributed by atoms with Gasteiger partial charge in [0.15, 0.2) is 11.5 Å². The van der Waals surface area contributed by atoms with Crippen LogP contribution in [0.5, 0.6) is 5.75 Å². The molecule has 0 spiro atoms. The fourth-order valence-corrected chi connectivity index (χ4v) is 5.48. The number of carboxylic acids is 1. The molecule has 13 heteroatoms. The first-order chi connectivity index (χ1) is 20.5. The van der Waals surface area contributed by atoms with Crippen molar-refractivity contribution in [2.45, 2.75) is 64.3 Å². The molecule has 6 heterocycles. The zero-order valence-corrected chi connectivity index (χ0v) is 24.4. The second kappa shape index (κ2) is 11.1. The molecule has 3 atom stereocenters. The molecule has 2 saturated heterocycles. The maximum absolute atomic E-state index is 13.0. The van der Waals surface area contributed by atoms with Gasteiger partial charge in [0.2, 0.25) is 0 Å². The highest BCUT2D eigenvalue weighted by Gasteiger charge is 2.44. The molecule has 2 aliphatic rings. The maximum Gasteiger partial charge on any atom is 0.410 e. The van der Waals surface area contributed by atoms with E-state index in [2.05, 4.69) is 25.4 Å². The third-order valence-electron chi connectivity index (χ3n) is 7.28. The van der Waals surface area contributed by atoms with Gasteiger partial charge >= 0.3 is 12.1 Å². The van der Waals surface area contributed by atoms with Crippen molar-refractivity contribution >= 4 is 29.2 Å². The summed E-state index contributed by atoms with van der Waals surface area (Å²) in [5, 5.41) is 16.6. The molecular weight excluding hydrogens is 554 g/mol. The molecule has 13 nitrogen and oxygen atoms in total. The Kier molecular flexibility index (Phi) is 7.34. The molecule has 2 N–H and O–H groups in total. The smallest absolute Gasteiger partial charge is 0.410 e. The van der Waals surface area contributed by atoms with E-state index in [1.54, 1.807) is 10.7 Å². The molecule has 43 heavy (non-hydrogen) atoms. The molecule has 2 bridgehead atoms. The number of aromatic nitrogens is 5. The topological polar surface area (TPSA) is 153 Å². The van der Waals surface area contributed by atoms with Gasteiger partial charge in [0.05, 0.1) is 49.4 Å². The minimum absolute atomic E-state index is 0.121. The lowest BCUT2D eigenvalue weighted by Gasteiger charge is -2.48. The van der Waals surface area contributed by atoms with E-state index in [1.807, 2.05) is 63.1 Å². The summed E-state index contributed by atoms with van der Waals surface area (Å²) in [6.45, 7) is 8.43. The van der Waals surface area contributed by atoms with Gasteiger partial charge in [-0.2, -0.15) is 5.10 Å². The van der Waals surface area contributed by atoms with Crippen molar-refractivity contribution in [2.75, 3.05) is 18.5 Å². The monoisotopic (exact) mass is 587 g/mol. The summed E-state index contributed by atoms with van der Waals surface area (Å²) in [4.78, 5) is 38.3. The molecule has 0 aliphatic carbocycles. The number of hydrogen-bond acceptors (Lipinski definition) is 10. The Balaban J connectivity index is 1.21. The van der Waals surface area contributed by atoms with Gasteiger partial charge in [0.1, 0.15) is 23.3 Å². The number of aryl methyl sites for hydroxylation is 1. The number of ether oxygens (including phenoxy) is 3. The summed E-state index contributed by atoms with van der Waals surface area (Å²) < 4.78 is 19.8. The highest BCUT2D eigenvalue weighted by Crippen LogP contribution is 2.36. The van der Waals surface area contributed by atoms with Gasteiger partial charge in [-0.3, -0.25) is 9.88 Å². The maximum atomic E-state index is 13.0. The van der Waals surface area contributed by atoms with E-state index in [0.717, 1.165) is 22.3 Å². The zero-order chi connectivity index (χ0) is 30.3. The normalized spacial score (nSPS) is 20.1. The van der Waals surface area contributed by atoms with Crippen molar-refractivity contribution < 1.29 is 28.9 Å². The lowest BCUT2D eigenvalue weighted by molar-refractivity contribution is -0.0993. The first-order valence-electron chi connectivity index (χ1n) is 14.1. The Morgan fingerprint density at radius 1 is 1.02 bits per heavy atom. The van der Waals surface area contributed by atoms with Crippen molar-refractivity contribution in [1.29, 1.82) is 0 Å². The number of pyridine rings is 2. The van der Waals surface area contributed by atoms with Crippen LogP contribution < -0.4 is 10.1 Å². The SMILES string of the molecule is Cc1cc(-c2ccn3nc(Nc4cnc(C(=O)O)cn4)cc3c2)c(O[C@H]2C[C@H]3COC[C@@H](C2)N3C(=O)OC(C)(C)C)cn1. The van der Waals surface area contributed by atoms with Crippen LogP contribution in [0.25, 0.3) is 16.6 Å². The Labute approximate surface area is 247 Å². The molecule has 4 aromatic rings. The third-order valence-corrected chi connectivity index (χ3v) is 7.28. The lowest BCUT2D eigenvalue weighted by atomic mass is 9.92. The number of hydrogen-bond donors (Lipinski definition) is 2. The Hall–Kier alpha value is -4.78. The largest absolute Gasteiger partial charge is 0.488 e. The van der Waals surface area contributed by atoms with E-state index in [0.29, 0.717) is 43.4 Å². The number of aromatic carboxylic acids is 1. The number of fused-ring (bicyclic) bond motifs is 3. The average Bonchev–Trinajstić information content (AvgIpc) is 3.34. The number of nitrogens with one attached hydrogen (secondary N) is 1. The predicted octanol–water partition coefficient (Wildman–Crippen LogP) is 4.48. The van der Waals surface area contributed by atoms with Crippen LogP contribution >= 0.6 is 0 Å². The first kappa shape index (κ1) is 28.3. The van der Waals surface area contributed by atoms with Crippen molar-refractivity contribution in [3.05, 3.63) is 60.4 Å². The molecule has 6 rings (SSSR count). The molecule has 2 aliphatic heterocycles. The number of carboxylic acid groups (broad SMARTS) is 1. The second-order valence-corrected chi connectivity index (χ2v) is 11.8. The molecule has 0 radical (unpaired) electrons. The molecular formula is C30H33N7O6. The number of amides is 1. The van der Waals surface area contributed by atoms with Gasteiger partial charge < -0.3 is 24.6 Å². The van der Waals surface area contributed by atoms with Crippen LogP contribution in [0.1, 0.15) is 49.8 Å². The van der Waals surface area contributed by atoms with Crippen LogP contribution in [0.2, 0.25) is 0 Å². The van der Waals surface area contributed by atoms with Crippen molar-refractivity contribution in [2.24, 2.45) is 0 Å². The summed E-state index contributed by atoms with van der Waals surface area (Å²) in [6.07, 6.45) is 6.96. The van der Waals surface area contributed by atoms with Gasteiger partial charge in [0, 0.05) is 36.4 Å². The number of rotatable bonds is 6. The van der Waals surface area contributed by atoms with Gasteiger partial charge in [-0.25, -0.2) is 24.1 Å². The summed E-state index contributed by atoms with van der Waals surface area (Å²) in [6, 6.07) is 7.56. The zero-order valence-electron chi connectivity index (χ0n) is 24.4. The molecule has 1 amide bonds. The number of anilines is 2. The van der Waals surface area contributed by atoms with Crippen molar-refractivity contribution in [1.82, 2.24) is 29.5 Å². The van der Waals surface area contributed by atoms with Gasteiger partial charge in [-0.05, 0) is 51.5 Å². The number of carbonyl (C=O) groups is 2. The first-order valence-corrected chi connectivity index (χ1v) is 14.1. The number of piperidine rings is 1. The highest BCUT2D eigenvalue weighted by molar-refractivity contribution is 5.85. The fourth-order valence-electron chi connectivity index (χ4n) is 5.48. The van der Waals surface area contributed by atoms with Gasteiger partial charge in [-0.1, -0.05) is 0 Å². The van der Waals surface area contributed by atoms with Crippen LogP contribution in [-0.2, 0) is 9.47 Å². The Bertz CT molecular complexity index is 1650. The van der Waals surface area contributed by atoms with Crippen LogP contribution in [0.15, 0.2) is 49.1 Å². The molecule has 0 unspecified atom stereocenters. The average molecular weight is 588 g/mol. The molecule has 2 fully saturated rings. The van der Waals surface area contributed by atoms with E-state index >= 15 is 0 Å². The quantitative estimate of drug-likeness (QED) is 0.328. The van der Waals surface area contributed by atoms with Crippen LogP contribution in [0, 0.1) is 6.92 Å². The predicted molar refractivity (Wildman–Crippen MR) is 156 cm³/mol. The Morgan fingerprint density at radius 3 is 2.47 bits per heavy atom. The van der Waals surface area contributed by atoms with Crippen LogP contribution in [0.3, 0.4) is 0 Å². The second-order valence-electron chi connectivity index (χ2n) is 11.8. The lowest BCUT2D eigenvalue weighted by Crippen LogP contribution is -2.61. The van der Waals surface area contributed by atoms with Gasteiger partial charge in [0.25, 0.3) is 0 Å². The standard InChI is InChI=1S/C30H33N7O6/c1-17-7-23(18-5-6-36-19(8-18)11-26(35-36)34-27-14-32-24(12-33-27)28(38)39)25(13-31-17)42-22-9-20-15-41-16-21(10-22)37(20)29(40)43-30(2,3)4/h5-8,11-14,20-22H,9-10,15-16H2,1-4H3,(H,38,39)(H,33,34,35)/t20-,21+,22-. The number of morpholine rings is 1. The molecule has 0 saturated carbocycles. The van der Waals surface area contributed by atoms with Crippen LogP contribution in [0.4, 0.5) is 16.4 Å². The summed E-state index contributed by atoms with van der Waals surface area (Å²) in [7, 11) is 0. The van der Waals surface area contributed by atoms with E-state index in [4.69, 9.17) is 19.3 Å². The summed E-state index contributed by atoms with van der Waals surface area (Å²) in [5.74, 6) is 0.429. The molecule has 0 aromatic carbocycles. The van der Waals surface area contributed by atoms with Gasteiger partial charge in [-0.15, -0.1) is 0 Å². The van der Waals surface area contributed by atoms with Crippen LogP contribution in [-0.4, -0.2) is 83.6 Å². The fraction of sp³-hybridized carbons (Fsp3) is 0.400. The van der Waals surface area contributed by atoms with E-state index < -0.39 is 11.6 Å². The molecule has 4 aromatic heterocycles. The van der Waals surface area contributed by atoms with E-state index in [9.17, 15) is 9.59 Å². The minimum atomic E-state index is -1.14. The number of nitrogens with zero attached hydrogens (tertiary/aromatic N) is 6. The molecule has 224 valence electrons. The van der Waals surface area contributed by atoms with E-state index in [-0.39, 0.29) is 30.0 Å². The summed E-state index contributed by atoms with van der Waals surface area (Å²) in [5.41, 5.74) is 2.80. The number of carbonyl (C=O) groups excluding carboxylic acids is 1. The van der Waals surface area contributed by atoms with Crippen molar-refractivity contribution in [3.63, 3.8) is 0 Å². The third kappa shape index (κ3) is 6.21. The minimum Gasteiger partial charge on any atom is -0.488 e. The summed E-state index contributed by atoms with van der Waals surface area (Å²) >= 11 is 0. The Morgan fingerprint density at radius 2 is 1.79 bits per heavy atom. The van der Waals surface area contributed by atoms with E-state index in [1.165, 1.54) is 12.4 Å². The highest BCUT2D eigenvalue weighted by atomic mass is 16.6. The van der Waals surface area contributed by atoms with Crippen molar-refractivity contribution in [3.8, 4) is 16.9 Å².